The number of aromatic hydroxyl groups is 1. The van der Waals surface area contributed by atoms with Gasteiger partial charge in [-0.3, -0.25) is 0 Å². The molecular formula is C38H41NO. The molecule has 2 nitrogen and oxygen atoms in total. The van der Waals surface area contributed by atoms with Gasteiger partial charge in [-0.05, 0) is 115 Å². The molecule has 3 aromatic rings. The third-order valence-corrected chi connectivity index (χ3v) is 10.5. The number of phenols is 1. The minimum Gasteiger partial charge on any atom is -0.508 e. The number of nitrogens with zero attached hydrogens (tertiary/aromatic N) is 1. The topological polar surface area (TPSA) is 23.5 Å². The van der Waals surface area contributed by atoms with E-state index in [4.69, 9.17) is 0 Å². The molecule has 2 heteroatoms. The van der Waals surface area contributed by atoms with Crippen molar-refractivity contribution in [3.05, 3.63) is 119 Å². The minimum absolute atomic E-state index is 0.422. The van der Waals surface area contributed by atoms with E-state index >= 15 is 0 Å². The lowest BCUT2D eigenvalue weighted by Crippen LogP contribution is -2.36. The molecule has 7 rings (SSSR count). The summed E-state index contributed by atoms with van der Waals surface area (Å²) in [7, 11) is 0. The minimum atomic E-state index is 0.422. The molecule has 204 valence electrons. The molecule has 1 fully saturated rings. The third kappa shape index (κ3) is 4.33. The first kappa shape index (κ1) is 25.4. The van der Waals surface area contributed by atoms with Gasteiger partial charge in [0.1, 0.15) is 5.75 Å². The Labute approximate surface area is 239 Å². The number of hydrogen-bond donors (Lipinski definition) is 1. The molecule has 1 heterocycles. The third-order valence-electron chi connectivity index (χ3n) is 10.5. The van der Waals surface area contributed by atoms with Crippen molar-refractivity contribution in [1.29, 1.82) is 0 Å². The van der Waals surface area contributed by atoms with E-state index in [9.17, 15) is 5.11 Å². The fourth-order valence-corrected chi connectivity index (χ4v) is 8.57. The fraction of sp³-hybridized carbons (Fsp3) is 0.368. The van der Waals surface area contributed by atoms with E-state index in [1.807, 2.05) is 12.1 Å². The van der Waals surface area contributed by atoms with Gasteiger partial charge in [0, 0.05) is 23.0 Å². The molecule has 1 saturated carbocycles. The summed E-state index contributed by atoms with van der Waals surface area (Å²) in [5.74, 6) is 3.85. The average molecular weight is 528 g/mol. The van der Waals surface area contributed by atoms with Gasteiger partial charge >= 0.3 is 0 Å². The first-order valence-corrected chi connectivity index (χ1v) is 15.4. The van der Waals surface area contributed by atoms with Crippen LogP contribution in [0.1, 0.15) is 80.9 Å². The van der Waals surface area contributed by atoms with Gasteiger partial charge in [0.2, 0.25) is 0 Å². The first-order chi connectivity index (χ1) is 19.6. The molecule has 4 unspecified atom stereocenters. The Hall–Kier alpha value is -3.52. The van der Waals surface area contributed by atoms with Crippen LogP contribution in [0.3, 0.4) is 0 Å². The van der Waals surface area contributed by atoms with Gasteiger partial charge in [0.15, 0.2) is 0 Å². The fourth-order valence-electron chi connectivity index (χ4n) is 8.57. The van der Waals surface area contributed by atoms with Crippen LogP contribution in [0.4, 0.5) is 11.4 Å². The Balaban J connectivity index is 1.18. The molecular weight excluding hydrogens is 486 g/mol. The number of fused-ring (bicyclic) bond motifs is 3. The molecule has 0 bridgehead atoms. The summed E-state index contributed by atoms with van der Waals surface area (Å²) in [6.07, 6.45) is 16.7. The van der Waals surface area contributed by atoms with Gasteiger partial charge in [0.25, 0.3) is 0 Å². The molecule has 40 heavy (non-hydrogen) atoms. The second-order valence-electron chi connectivity index (χ2n) is 12.7. The maximum absolute atomic E-state index is 10.7. The first-order valence-electron chi connectivity index (χ1n) is 15.4. The Kier molecular flexibility index (Phi) is 6.66. The smallest absolute Gasteiger partial charge is 0.119 e. The Morgan fingerprint density at radius 1 is 0.800 bits per heavy atom. The van der Waals surface area contributed by atoms with Crippen LogP contribution in [0.2, 0.25) is 0 Å². The van der Waals surface area contributed by atoms with Crippen LogP contribution in [0.25, 0.3) is 5.57 Å². The van der Waals surface area contributed by atoms with Gasteiger partial charge in [-0.2, -0.15) is 0 Å². The number of allylic oxidation sites excluding steroid dienone is 6. The van der Waals surface area contributed by atoms with E-state index in [1.165, 1.54) is 53.0 Å². The van der Waals surface area contributed by atoms with Crippen LogP contribution in [0.15, 0.2) is 103 Å². The van der Waals surface area contributed by atoms with Crippen molar-refractivity contribution >= 4 is 16.9 Å². The zero-order chi connectivity index (χ0) is 27.2. The highest BCUT2D eigenvalue weighted by Crippen LogP contribution is 2.57. The SMILES string of the molecule is CC1C(c2ccccc2O)[C@H](C)CC[C@@H]1C1CC=C2C(C1)c1ccccc1N2c1ccc(C2=CCCC=C2)cc1. The predicted octanol–water partition coefficient (Wildman–Crippen LogP) is 10.1. The van der Waals surface area contributed by atoms with Gasteiger partial charge in [-0.15, -0.1) is 0 Å². The molecule has 1 N–H and O–H groups in total. The number of para-hydroxylation sites is 2. The van der Waals surface area contributed by atoms with Crippen molar-refractivity contribution in [1.82, 2.24) is 0 Å². The highest BCUT2D eigenvalue weighted by atomic mass is 16.3. The van der Waals surface area contributed by atoms with Crippen LogP contribution in [-0.4, -0.2) is 5.11 Å². The molecule has 3 aliphatic carbocycles. The lowest BCUT2D eigenvalue weighted by atomic mass is 9.59. The summed E-state index contributed by atoms with van der Waals surface area (Å²) >= 11 is 0. The van der Waals surface area contributed by atoms with E-state index in [0.29, 0.717) is 41.3 Å². The number of phenolic OH excluding ortho intramolecular Hbond substituents is 1. The highest BCUT2D eigenvalue weighted by Gasteiger charge is 2.44. The Morgan fingerprint density at radius 3 is 2.35 bits per heavy atom. The Bertz CT molecular complexity index is 1480. The van der Waals surface area contributed by atoms with Crippen LogP contribution >= 0.6 is 0 Å². The van der Waals surface area contributed by atoms with E-state index < -0.39 is 0 Å². The predicted molar refractivity (Wildman–Crippen MR) is 167 cm³/mol. The van der Waals surface area contributed by atoms with Crippen LogP contribution < -0.4 is 4.90 Å². The molecule has 6 atom stereocenters. The normalized spacial score (nSPS) is 29.4. The van der Waals surface area contributed by atoms with E-state index in [2.05, 4.69) is 104 Å². The van der Waals surface area contributed by atoms with Crippen molar-refractivity contribution in [3.63, 3.8) is 0 Å². The summed E-state index contributed by atoms with van der Waals surface area (Å²) in [5.41, 5.74) is 9.37. The Morgan fingerprint density at radius 2 is 1.57 bits per heavy atom. The number of benzene rings is 3. The van der Waals surface area contributed by atoms with Gasteiger partial charge in [-0.1, -0.05) is 86.7 Å². The van der Waals surface area contributed by atoms with Crippen molar-refractivity contribution < 1.29 is 5.11 Å². The molecule has 0 aromatic heterocycles. The van der Waals surface area contributed by atoms with Gasteiger partial charge < -0.3 is 10.0 Å². The van der Waals surface area contributed by atoms with E-state index in [-0.39, 0.29) is 0 Å². The largest absolute Gasteiger partial charge is 0.508 e. The number of anilines is 2. The second kappa shape index (κ2) is 10.5. The van der Waals surface area contributed by atoms with Crippen molar-refractivity contribution in [2.45, 2.75) is 64.2 Å². The zero-order valence-corrected chi connectivity index (χ0v) is 23.8. The summed E-state index contributed by atoms with van der Waals surface area (Å²) < 4.78 is 0. The quantitative estimate of drug-likeness (QED) is 0.365. The molecule has 3 aromatic carbocycles. The molecule has 1 aliphatic heterocycles. The molecule has 0 saturated heterocycles. The second-order valence-corrected chi connectivity index (χ2v) is 12.7. The summed E-state index contributed by atoms with van der Waals surface area (Å²) in [5, 5.41) is 10.7. The van der Waals surface area contributed by atoms with Crippen molar-refractivity contribution in [2.24, 2.45) is 23.7 Å². The van der Waals surface area contributed by atoms with Crippen LogP contribution in [0.5, 0.6) is 5.75 Å². The maximum Gasteiger partial charge on any atom is 0.119 e. The van der Waals surface area contributed by atoms with Crippen molar-refractivity contribution in [2.75, 3.05) is 4.90 Å². The standard InChI is InChI=1S/C38H41NO/c1-25-16-22-31(26(2)38(25)33-13-7-9-15-37(33)40)29-19-23-36-34(24-29)32-12-6-8-14-35(32)39(36)30-20-17-28(18-21-30)27-10-4-3-5-11-27/h4,6-15,17-18,20-21,23,25-26,29,31,34,38,40H,3,5,16,19,22,24H2,1-2H3/t25-,26?,29?,31+,34?,38?/m1/s1. The van der Waals surface area contributed by atoms with Gasteiger partial charge in [-0.25, -0.2) is 0 Å². The lowest BCUT2D eigenvalue weighted by Gasteiger charge is -2.45. The average Bonchev–Trinajstić information content (AvgIpc) is 3.32. The van der Waals surface area contributed by atoms with Gasteiger partial charge in [0.05, 0.1) is 0 Å². The molecule has 0 spiro atoms. The molecule has 4 aliphatic rings. The van der Waals surface area contributed by atoms with Crippen LogP contribution in [0, 0.1) is 23.7 Å². The summed E-state index contributed by atoms with van der Waals surface area (Å²) in [6.45, 7) is 4.85. The summed E-state index contributed by atoms with van der Waals surface area (Å²) in [6, 6.07) is 26.4. The number of rotatable bonds is 4. The van der Waals surface area contributed by atoms with Crippen molar-refractivity contribution in [3.8, 4) is 5.75 Å². The molecule has 0 radical (unpaired) electrons. The highest BCUT2D eigenvalue weighted by molar-refractivity contribution is 5.81. The monoisotopic (exact) mass is 527 g/mol. The van der Waals surface area contributed by atoms with E-state index in [1.54, 1.807) is 0 Å². The number of hydrogen-bond acceptors (Lipinski definition) is 2. The zero-order valence-electron chi connectivity index (χ0n) is 23.8. The lowest BCUT2D eigenvalue weighted by molar-refractivity contribution is 0.103. The summed E-state index contributed by atoms with van der Waals surface area (Å²) in [4.78, 5) is 2.53. The maximum atomic E-state index is 10.7. The van der Waals surface area contributed by atoms with E-state index in [0.717, 1.165) is 24.8 Å². The molecule has 0 amide bonds. The van der Waals surface area contributed by atoms with Crippen LogP contribution in [-0.2, 0) is 0 Å².